The van der Waals surface area contributed by atoms with Crippen LogP contribution in [0.5, 0.6) is 0 Å². The molecule has 0 aliphatic rings. The predicted molar refractivity (Wildman–Crippen MR) is 56.7 cm³/mol. The number of carboxylic acids is 1. The quantitative estimate of drug-likeness (QED) is 0.652. The third-order valence-electron chi connectivity index (χ3n) is 2.41. The highest BCUT2D eigenvalue weighted by Gasteiger charge is 2.31. The monoisotopic (exact) mass is 242 g/mol. The largest absolute Gasteiger partial charge is 0.481 e. The van der Waals surface area contributed by atoms with Gasteiger partial charge in [-0.1, -0.05) is 13.8 Å². The topological polar surface area (TPSA) is 54.4 Å². The third-order valence-corrected chi connectivity index (χ3v) is 2.41. The number of ketones is 1. The molecule has 1 N–H and O–H groups in total. The van der Waals surface area contributed by atoms with E-state index in [9.17, 15) is 18.4 Å². The van der Waals surface area contributed by atoms with Gasteiger partial charge in [-0.3, -0.25) is 9.59 Å². The average Bonchev–Trinajstić information content (AvgIpc) is 2.15. The molecule has 1 rings (SSSR count). The fourth-order valence-electron chi connectivity index (χ4n) is 1.56. The van der Waals surface area contributed by atoms with E-state index in [0.29, 0.717) is 6.07 Å². The van der Waals surface area contributed by atoms with Crippen molar-refractivity contribution in [2.45, 2.75) is 13.8 Å². The molecule has 0 bridgehead atoms. The normalized spacial score (nSPS) is 12.5. The molecule has 0 radical (unpaired) electrons. The summed E-state index contributed by atoms with van der Waals surface area (Å²) in [6.45, 7) is 3.11. The summed E-state index contributed by atoms with van der Waals surface area (Å²) in [5, 5.41) is 8.90. The first-order valence-electron chi connectivity index (χ1n) is 5.06. The fraction of sp³-hybridized carbons (Fsp3) is 0.333. The number of hydrogen-bond donors (Lipinski definition) is 1. The van der Waals surface area contributed by atoms with E-state index in [-0.39, 0.29) is 0 Å². The minimum absolute atomic E-state index is 0.396. The van der Waals surface area contributed by atoms with Gasteiger partial charge in [-0.2, -0.15) is 0 Å². The van der Waals surface area contributed by atoms with Crippen LogP contribution in [0.1, 0.15) is 24.2 Å². The molecule has 1 atom stereocenters. The highest BCUT2D eigenvalue weighted by molar-refractivity contribution is 6.08. The van der Waals surface area contributed by atoms with Gasteiger partial charge >= 0.3 is 5.97 Å². The van der Waals surface area contributed by atoms with Gasteiger partial charge in [-0.25, -0.2) is 8.78 Å². The van der Waals surface area contributed by atoms with Gasteiger partial charge in [-0.05, 0) is 18.1 Å². The fourth-order valence-corrected chi connectivity index (χ4v) is 1.56. The van der Waals surface area contributed by atoms with Crippen molar-refractivity contribution in [3.05, 3.63) is 35.4 Å². The average molecular weight is 242 g/mol. The predicted octanol–water partition coefficient (Wildman–Crippen LogP) is 2.50. The highest BCUT2D eigenvalue weighted by Crippen LogP contribution is 2.20. The molecule has 0 heterocycles. The van der Waals surface area contributed by atoms with Gasteiger partial charge in [0.1, 0.15) is 17.6 Å². The van der Waals surface area contributed by atoms with E-state index in [1.54, 1.807) is 13.8 Å². The minimum atomic E-state index is -1.32. The number of Topliss-reactive ketones (excluding diaryl/α,β-unsaturated/α-hetero) is 1. The Morgan fingerprint density at radius 2 is 1.82 bits per heavy atom. The van der Waals surface area contributed by atoms with Crippen molar-refractivity contribution in [2.24, 2.45) is 11.8 Å². The maximum absolute atomic E-state index is 13.3. The molecule has 5 heteroatoms. The van der Waals surface area contributed by atoms with E-state index < -0.39 is 40.8 Å². The SMILES string of the molecule is CC(C)C(C(=O)O)C(=O)c1ccc(F)cc1F. The summed E-state index contributed by atoms with van der Waals surface area (Å²) >= 11 is 0. The van der Waals surface area contributed by atoms with E-state index in [1.165, 1.54) is 0 Å². The van der Waals surface area contributed by atoms with Crippen LogP contribution in [0, 0.1) is 23.5 Å². The molecule has 17 heavy (non-hydrogen) atoms. The summed E-state index contributed by atoms with van der Waals surface area (Å²) in [5.74, 6) is -5.80. The zero-order chi connectivity index (χ0) is 13.2. The second-order valence-corrected chi connectivity index (χ2v) is 4.05. The number of benzene rings is 1. The molecule has 0 spiro atoms. The van der Waals surface area contributed by atoms with Crippen LogP contribution in [0.2, 0.25) is 0 Å². The Kier molecular flexibility index (Phi) is 3.93. The van der Waals surface area contributed by atoms with Gasteiger partial charge in [0.25, 0.3) is 0 Å². The van der Waals surface area contributed by atoms with Gasteiger partial charge in [0.15, 0.2) is 5.78 Å². The lowest BCUT2D eigenvalue weighted by molar-refractivity contribution is -0.141. The second kappa shape index (κ2) is 5.03. The van der Waals surface area contributed by atoms with E-state index in [4.69, 9.17) is 5.11 Å². The maximum Gasteiger partial charge on any atom is 0.314 e. The Balaban J connectivity index is 3.14. The van der Waals surface area contributed by atoms with E-state index in [0.717, 1.165) is 12.1 Å². The summed E-state index contributed by atoms with van der Waals surface area (Å²) in [6, 6.07) is 2.45. The van der Waals surface area contributed by atoms with Crippen LogP contribution in [0.4, 0.5) is 8.78 Å². The van der Waals surface area contributed by atoms with E-state index in [1.807, 2.05) is 0 Å². The van der Waals surface area contributed by atoms with Crippen LogP contribution < -0.4 is 0 Å². The molecule has 0 aliphatic heterocycles. The summed E-state index contributed by atoms with van der Waals surface area (Å²) in [5.41, 5.74) is -0.396. The van der Waals surface area contributed by atoms with Crippen molar-refractivity contribution >= 4 is 11.8 Å². The molecule has 92 valence electrons. The number of rotatable bonds is 4. The standard InChI is InChI=1S/C12H12F2O3/c1-6(2)10(12(16)17)11(15)8-4-3-7(13)5-9(8)14/h3-6,10H,1-2H3,(H,16,17). The molecule has 0 aromatic heterocycles. The summed E-state index contributed by atoms with van der Waals surface area (Å²) in [6.07, 6.45) is 0. The Hall–Kier alpha value is -1.78. The molecule has 0 amide bonds. The molecular formula is C12H12F2O3. The summed E-state index contributed by atoms with van der Waals surface area (Å²) in [7, 11) is 0. The summed E-state index contributed by atoms with van der Waals surface area (Å²) in [4.78, 5) is 22.7. The molecule has 0 saturated carbocycles. The Morgan fingerprint density at radius 1 is 1.24 bits per heavy atom. The number of hydrogen-bond acceptors (Lipinski definition) is 2. The van der Waals surface area contributed by atoms with Crippen molar-refractivity contribution in [1.82, 2.24) is 0 Å². The molecule has 0 fully saturated rings. The van der Waals surface area contributed by atoms with Crippen molar-refractivity contribution in [3.8, 4) is 0 Å². The first kappa shape index (κ1) is 13.3. The molecule has 0 saturated heterocycles. The van der Waals surface area contributed by atoms with Crippen LogP contribution >= 0.6 is 0 Å². The third kappa shape index (κ3) is 2.87. The first-order chi connectivity index (χ1) is 7.84. The highest BCUT2D eigenvalue weighted by atomic mass is 19.1. The number of carbonyl (C=O) groups excluding carboxylic acids is 1. The van der Waals surface area contributed by atoms with Gasteiger partial charge in [0, 0.05) is 6.07 Å². The van der Waals surface area contributed by atoms with E-state index in [2.05, 4.69) is 0 Å². The van der Waals surface area contributed by atoms with Crippen molar-refractivity contribution < 1.29 is 23.5 Å². The molecule has 1 unspecified atom stereocenters. The smallest absolute Gasteiger partial charge is 0.314 e. The Labute approximate surface area is 97.1 Å². The number of halogens is 2. The van der Waals surface area contributed by atoms with Crippen molar-refractivity contribution in [3.63, 3.8) is 0 Å². The van der Waals surface area contributed by atoms with Crippen LogP contribution in [0.15, 0.2) is 18.2 Å². The van der Waals surface area contributed by atoms with Crippen molar-refractivity contribution in [1.29, 1.82) is 0 Å². The van der Waals surface area contributed by atoms with E-state index >= 15 is 0 Å². The van der Waals surface area contributed by atoms with Crippen LogP contribution in [0.3, 0.4) is 0 Å². The molecule has 1 aromatic carbocycles. The first-order valence-corrected chi connectivity index (χ1v) is 5.06. The Bertz CT molecular complexity index is 455. The van der Waals surface area contributed by atoms with Gasteiger partial charge in [0.2, 0.25) is 0 Å². The second-order valence-electron chi connectivity index (χ2n) is 4.05. The van der Waals surface area contributed by atoms with Crippen LogP contribution in [0.25, 0.3) is 0 Å². The molecule has 1 aromatic rings. The lowest BCUT2D eigenvalue weighted by atomic mass is 9.88. The molecule has 0 aliphatic carbocycles. The number of carbonyl (C=O) groups is 2. The number of carboxylic acid groups (broad SMARTS) is 1. The summed E-state index contributed by atoms with van der Waals surface area (Å²) < 4.78 is 26.0. The zero-order valence-corrected chi connectivity index (χ0v) is 9.41. The lowest BCUT2D eigenvalue weighted by Crippen LogP contribution is -2.29. The van der Waals surface area contributed by atoms with Gasteiger partial charge in [-0.15, -0.1) is 0 Å². The van der Waals surface area contributed by atoms with Crippen LogP contribution in [-0.2, 0) is 4.79 Å². The van der Waals surface area contributed by atoms with Gasteiger partial charge in [0.05, 0.1) is 5.56 Å². The van der Waals surface area contributed by atoms with Crippen molar-refractivity contribution in [2.75, 3.05) is 0 Å². The van der Waals surface area contributed by atoms with Gasteiger partial charge < -0.3 is 5.11 Å². The lowest BCUT2D eigenvalue weighted by Gasteiger charge is -2.15. The van der Waals surface area contributed by atoms with Crippen LogP contribution in [-0.4, -0.2) is 16.9 Å². The maximum atomic E-state index is 13.3. The number of aliphatic carboxylic acids is 1. The molecular weight excluding hydrogens is 230 g/mol. The molecule has 3 nitrogen and oxygen atoms in total. The minimum Gasteiger partial charge on any atom is -0.481 e. The zero-order valence-electron chi connectivity index (χ0n) is 9.41. The Morgan fingerprint density at radius 3 is 2.24 bits per heavy atom.